The fraction of sp³-hybridized carbons (Fsp3) is 0.263. The van der Waals surface area contributed by atoms with Crippen LogP contribution in [-0.2, 0) is 12.7 Å². The van der Waals surface area contributed by atoms with Crippen molar-refractivity contribution in [1.82, 2.24) is 9.55 Å². The first-order valence-electron chi connectivity index (χ1n) is 8.14. The Labute approximate surface area is 151 Å². The summed E-state index contributed by atoms with van der Waals surface area (Å²) in [6.45, 7) is 4.44. The Bertz CT molecular complexity index is 1100. The van der Waals surface area contributed by atoms with Crippen LogP contribution in [0.4, 0.5) is 13.2 Å². The SMILES string of the molecule is Cc1sc2nc3n(c(=O)c2c1C)CC/C3=C/c1ccc(C(F)(F)F)cc1. The number of rotatable bonds is 1. The summed E-state index contributed by atoms with van der Waals surface area (Å²) in [4.78, 5) is 19.2. The molecule has 0 radical (unpaired) electrons. The summed E-state index contributed by atoms with van der Waals surface area (Å²) in [6, 6.07) is 5.01. The number of hydrogen-bond donors (Lipinski definition) is 0. The maximum atomic E-state index is 12.8. The smallest absolute Gasteiger partial charge is 0.292 e. The van der Waals surface area contributed by atoms with Crippen molar-refractivity contribution < 1.29 is 13.2 Å². The molecule has 0 atom stereocenters. The van der Waals surface area contributed by atoms with Gasteiger partial charge >= 0.3 is 6.18 Å². The van der Waals surface area contributed by atoms with Crippen LogP contribution < -0.4 is 5.56 Å². The molecule has 0 bridgehead atoms. The van der Waals surface area contributed by atoms with Crippen molar-refractivity contribution in [2.75, 3.05) is 0 Å². The van der Waals surface area contributed by atoms with Gasteiger partial charge in [-0.05, 0) is 55.2 Å². The third-order valence-corrected chi connectivity index (χ3v) is 5.86. The minimum atomic E-state index is -4.35. The molecule has 3 aromatic rings. The van der Waals surface area contributed by atoms with Gasteiger partial charge in [0, 0.05) is 11.4 Å². The first kappa shape index (κ1) is 17.0. The second kappa shape index (κ2) is 5.81. The number of aryl methyl sites for hydroxylation is 2. The average Bonchev–Trinajstić information content (AvgIpc) is 3.10. The Kier molecular flexibility index (Phi) is 3.80. The summed E-state index contributed by atoms with van der Waals surface area (Å²) in [5.41, 5.74) is 1.79. The molecule has 0 unspecified atom stereocenters. The highest BCUT2D eigenvalue weighted by Crippen LogP contribution is 2.33. The van der Waals surface area contributed by atoms with E-state index in [9.17, 15) is 18.0 Å². The molecule has 3 nitrogen and oxygen atoms in total. The van der Waals surface area contributed by atoms with Crippen molar-refractivity contribution in [3.05, 3.63) is 62.0 Å². The highest BCUT2D eigenvalue weighted by atomic mass is 32.1. The van der Waals surface area contributed by atoms with Gasteiger partial charge in [-0.3, -0.25) is 9.36 Å². The summed E-state index contributed by atoms with van der Waals surface area (Å²) in [6.07, 6.45) is -1.90. The number of benzene rings is 1. The average molecular weight is 376 g/mol. The van der Waals surface area contributed by atoms with Gasteiger partial charge in [0.2, 0.25) is 0 Å². The molecule has 7 heteroatoms. The quantitative estimate of drug-likeness (QED) is 0.596. The molecule has 1 aliphatic heterocycles. The molecule has 0 aliphatic carbocycles. The van der Waals surface area contributed by atoms with Crippen LogP contribution in [0, 0.1) is 13.8 Å². The van der Waals surface area contributed by atoms with E-state index in [4.69, 9.17) is 0 Å². The lowest BCUT2D eigenvalue weighted by Crippen LogP contribution is -2.20. The van der Waals surface area contributed by atoms with Gasteiger partial charge in [0.25, 0.3) is 5.56 Å². The molecule has 26 heavy (non-hydrogen) atoms. The number of allylic oxidation sites excluding steroid dienone is 1. The van der Waals surface area contributed by atoms with E-state index in [-0.39, 0.29) is 5.56 Å². The number of nitrogens with zero attached hydrogens (tertiary/aromatic N) is 2. The van der Waals surface area contributed by atoms with Crippen LogP contribution >= 0.6 is 11.3 Å². The van der Waals surface area contributed by atoms with Crippen LogP contribution in [0.15, 0.2) is 29.1 Å². The molecule has 0 amide bonds. The largest absolute Gasteiger partial charge is 0.416 e. The molecule has 0 saturated carbocycles. The first-order valence-corrected chi connectivity index (χ1v) is 8.96. The molecule has 0 saturated heterocycles. The summed E-state index contributed by atoms with van der Waals surface area (Å²) in [5, 5.41) is 0.673. The zero-order valence-electron chi connectivity index (χ0n) is 14.1. The fourth-order valence-electron chi connectivity index (χ4n) is 3.23. The van der Waals surface area contributed by atoms with E-state index >= 15 is 0 Å². The maximum absolute atomic E-state index is 12.8. The zero-order valence-corrected chi connectivity index (χ0v) is 15.0. The van der Waals surface area contributed by atoms with E-state index in [0.29, 0.717) is 29.7 Å². The molecule has 4 rings (SSSR count). The van der Waals surface area contributed by atoms with Crippen molar-refractivity contribution in [2.24, 2.45) is 0 Å². The Morgan fingerprint density at radius 3 is 2.54 bits per heavy atom. The standard InChI is InChI=1S/C19H15F3N2OS/c1-10-11(2)26-17-15(10)18(25)24-8-7-13(16(24)23-17)9-12-3-5-14(6-4-12)19(20,21)22/h3-6,9H,7-8H2,1-2H3/b13-9-. The molecule has 0 N–H and O–H groups in total. The van der Waals surface area contributed by atoms with Gasteiger partial charge in [-0.2, -0.15) is 13.2 Å². The summed E-state index contributed by atoms with van der Waals surface area (Å²) in [5.74, 6) is 0.614. The summed E-state index contributed by atoms with van der Waals surface area (Å²) >= 11 is 1.50. The van der Waals surface area contributed by atoms with Crippen LogP contribution in [-0.4, -0.2) is 9.55 Å². The normalized spacial score (nSPS) is 15.8. The van der Waals surface area contributed by atoms with Gasteiger partial charge in [0.1, 0.15) is 10.7 Å². The minimum absolute atomic E-state index is 0.0392. The van der Waals surface area contributed by atoms with Crippen molar-refractivity contribution in [2.45, 2.75) is 33.0 Å². The van der Waals surface area contributed by atoms with Gasteiger partial charge in [-0.1, -0.05) is 12.1 Å². The van der Waals surface area contributed by atoms with Crippen molar-refractivity contribution >= 4 is 33.2 Å². The molecule has 0 spiro atoms. The molecule has 3 heterocycles. The van der Waals surface area contributed by atoms with Crippen molar-refractivity contribution in [3.63, 3.8) is 0 Å². The lowest BCUT2D eigenvalue weighted by Gasteiger charge is -2.06. The monoisotopic (exact) mass is 376 g/mol. The van der Waals surface area contributed by atoms with Crippen LogP contribution in [0.3, 0.4) is 0 Å². The lowest BCUT2D eigenvalue weighted by molar-refractivity contribution is -0.137. The second-order valence-electron chi connectivity index (χ2n) is 6.39. The van der Waals surface area contributed by atoms with E-state index < -0.39 is 11.7 Å². The van der Waals surface area contributed by atoms with E-state index in [1.807, 2.05) is 19.9 Å². The Balaban J connectivity index is 1.79. The van der Waals surface area contributed by atoms with Crippen LogP contribution in [0.5, 0.6) is 0 Å². The molecular formula is C19H15F3N2OS. The number of aromatic nitrogens is 2. The topological polar surface area (TPSA) is 34.9 Å². The number of hydrogen-bond acceptors (Lipinski definition) is 3. The highest BCUT2D eigenvalue weighted by molar-refractivity contribution is 7.18. The molecule has 134 valence electrons. The van der Waals surface area contributed by atoms with E-state index in [1.165, 1.54) is 23.5 Å². The first-order chi connectivity index (χ1) is 12.3. The van der Waals surface area contributed by atoms with Gasteiger partial charge in [0.15, 0.2) is 0 Å². The third kappa shape index (κ3) is 2.67. The lowest BCUT2D eigenvalue weighted by atomic mass is 10.1. The predicted octanol–water partition coefficient (Wildman–Crippen LogP) is 5.04. The number of thiophene rings is 1. The van der Waals surface area contributed by atoms with Crippen molar-refractivity contribution in [3.8, 4) is 0 Å². The summed E-state index contributed by atoms with van der Waals surface area (Å²) in [7, 11) is 0. The highest BCUT2D eigenvalue weighted by Gasteiger charge is 2.30. The number of alkyl halides is 3. The third-order valence-electron chi connectivity index (χ3n) is 4.76. The van der Waals surface area contributed by atoms with E-state index in [0.717, 1.165) is 33.0 Å². The van der Waals surface area contributed by atoms with Crippen LogP contribution in [0.25, 0.3) is 21.9 Å². The maximum Gasteiger partial charge on any atom is 0.416 e. The zero-order chi connectivity index (χ0) is 18.6. The Hall–Kier alpha value is -2.41. The van der Waals surface area contributed by atoms with Crippen LogP contribution in [0.2, 0.25) is 0 Å². The number of halogens is 3. The minimum Gasteiger partial charge on any atom is -0.292 e. The van der Waals surface area contributed by atoms with Gasteiger partial charge in [0.05, 0.1) is 10.9 Å². The number of fused-ring (bicyclic) bond motifs is 2. The van der Waals surface area contributed by atoms with E-state index in [1.54, 1.807) is 4.57 Å². The second-order valence-corrected chi connectivity index (χ2v) is 7.60. The van der Waals surface area contributed by atoms with Crippen molar-refractivity contribution in [1.29, 1.82) is 0 Å². The fourth-order valence-corrected chi connectivity index (χ4v) is 4.25. The predicted molar refractivity (Wildman–Crippen MR) is 97.3 cm³/mol. The molecular weight excluding hydrogens is 361 g/mol. The van der Waals surface area contributed by atoms with E-state index in [2.05, 4.69) is 4.98 Å². The summed E-state index contributed by atoms with van der Waals surface area (Å²) < 4.78 is 39.7. The Morgan fingerprint density at radius 2 is 1.88 bits per heavy atom. The molecule has 2 aromatic heterocycles. The molecule has 0 fully saturated rings. The molecule has 1 aliphatic rings. The van der Waals surface area contributed by atoms with Gasteiger partial charge in [-0.15, -0.1) is 11.3 Å². The van der Waals surface area contributed by atoms with Gasteiger partial charge < -0.3 is 0 Å². The van der Waals surface area contributed by atoms with Gasteiger partial charge in [-0.25, -0.2) is 4.98 Å². The van der Waals surface area contributed by atoms with Crippen LogP contribution in [0.1, 0.15) is 33.8 Å². The Morgan fingerprint density at radius 1 is 1.19 bits per heavy atom. The molecule has 1 aromatic carbocycles.